The van der Waals surface area contributed by atoms with E-state index in [4.69, 9.17) is 4.42 Å². The predicted octanol–water partition coefficient (Wildman–Crippen LogP) is 3.04. The van der Waals surface area contributed by atoms with E-state index in [2.05, 4.69) is 20.2 Å². The molecule has 3 aromatic heterocycles. The Morgan fingerprint density at radius 1 is 1.31 bits per heavy atom. The number of rotatable bonds is 8. The van der Waals surface area contributed by atoms with Gasteiger partial charge in [0.25, 0.3) is 15.9 Å². The Hall–Kier alpha value is -1.73. The average Bonchev–Trinajstić information content (AvgIpc) is 3.35. The van der Waals surface area contributed by atoms with Crippen molar-refractivity contribution < 1.29 is 17.6 Å². The molecular weight excluding hydrogens is 416 g/mol. The maximum Gasteiger partial charge on any atom is 0.293 e. The van der Waals surface area contributed by atoms with Crippen LogP contribution in [-0.2, 0) is 16.6 Å². The number of thioether (sulfide) groups is 1. The van der Waals surface area contributed by atoms with E-state index in [1.54, 1.807) is 0 Å². The molecule has 0 saturated heterocycles. The third-order valence-electron chi connectivity index (χ3n) is 2.98. The Kier molecular flexibility index (Phi) is 6.09. The van der Waals surface area contributed by atoms with E-state index in [9.17, 15) is 13.2 Å². The molecule has 2 N–H and O–H groups in total. The summed E-state index contributed by atoms with van der Waals surface area (Å²) in [5, 5.41) is 12.2. The molecule has 0 aliphatic carbocycles. The number of hydrogen-bond acceptors (Lipinski definition) is 9. The molecule has 1 amide bonds. The summed E-state index contributed by atoms with van der Waals surface area (Å²) >= 11 is 4.19. The average molecular weight is 431 g/mol. The number of carbonyl (C=O) groups is 1. The molecule has 0 atom stereocenters. The Labute approximate surface area is 162 Å². The van der Waals surface area contributed by atoms with E-state index < -0.39 is 15.9 Å². The first-order chi connectivity index (χ1) is 12.5. The standard InChI is InChI=1S/C14H14N4O4S4/c1-2-23-14-18-17-13(25-14)16-12(19)10-5-6-11(22-10)26(20,21)15-8-9-4-3-7-24-9/h3-7,15H,2,8H2,1H3,(H,16,17,19). The van der Waals surface area contributed by atoms with Crippen molar-refractivity contribution in [3.63, 3.8) is 0 Å². The summed E-state index contributed by atoms with van der Waals surface area (Å²) in [4.78, 5) is 13.1. The zero-order valence-electron chi connectivity index (χ0n) is 13.5. The summed E-state index contributed by atoms with van der Waals surface area (Å²) in [5.41, 5.74) is 0. The lowest BCUT2D eigenvalue weighted by atomic mass is 10.4. The molecule has 3 aromatic rings. The Morgan fingerprint density at radius 2 is 2.15 bits per heavy atom. The van der Waals surface area contributed by atoms with Crippen LogP contribution in [0, 0.1) is 0 Å². The van der Waals surface area contributed by atoms with Crippen LogP contribution in [0.25, 0.3) is 0 Å². The number of nitrogens with one attached hydrogen (secondary N) is 2. The Balaban J connectivity index is 1.64. The third-order valence-corrected chi connectivity index (χ3v) is 6.99. The smallest absolute Gasteiger partial charge is 0.293 e. The molecule has 0 aliphatic heterocycles. The van der Waals surface area contributed by atoms with Gasteiger partial charge in [0.2, 0.25) is 10.2 Å². The molecule has 0 spiro atoms. The highest BCUT2D eigenvalue weighted by atomic mass is 32.2. The van der Waals surface area contributed by atoms with Gasteiger partial charge in [-0.1, -0.05) is 36.1 Å². The summed E-state index contributed by atoms with van der Waals surface area (Å²) in [6.07, 6.45) is 0. The molecule has 138 valence electrons. The molecule has 26 heavy (non-hydrogen) atoms. The van der Waals surface area contributed by atoms with Gasteiger partial charge in [0.05, 0.1) is 0 Å². The second-order valence-electron chi connectivity index (χ2n) is 4.78. The zero-order chi connectivity index (χ0) is 18.6. The van der Waals surface area contributed by atoms with Gasteiger partial charge < -0.3 is 4.42 Å². The summed E-state index contributed by atoms with van der Waals surface area (Å²) in [5.74, 6) is 0.135. The molecule has 8 nitrogen and oxygen atoms in total. The lowest BCUT2D eigenvalue weighted by molar-refractivity contribution is 0.0991. The number of furan rings is 1. The monoisotopic (exact) mass is 430 g/mol. The van der Waals surface area contributed by atoms with Crippen LogP contribution in [0.2, 0.25) is 0 Å². The first-order valence-electron chi connectivity index (χ1n) is 7.37. The number of anilines is 1. The van der Waals surface area contributed by atoms with Gasteiger partial charge in [0.15, 0.2) is 10.1 Å². The highest BCUT2D eigenvalue weighted by molar-refractivity contribution is 8.01. The quantitative estimate of drug-likeness (QED) is 0.417. The number of aromatic nitrogens is 2. The van der Waals surface area contributed by atoms with Crippen molar-refractivity contribution in [1.82, 2.24) is 14.9 Å². The van der Waals surface area contributed by atoms with Gasteiger partial charge in [0, 0.05) is 11.4 Å². The fourth-order valence-electron chi connectivity index (χ4n) is 1.84. The number of sulfonamides is 1. The van der Waals surface area contributed by atoms with Gasteiger partial charge in [-0.25, -0.2) is 13.1 Å². The first kappa shape index (κ1) is 19.0. The fraction of sp³-hybridized carbons (Fsp3) is 0.214. The molecule has 0 radical (unpaired) electrons. The fourth-order valence-corrected chi connectivity index (χ4v) is 5.15. The van der Waals surface area contributed by atoms with Crippen LogP contribution < -0.4 is 10.0 Å². The van der Waals surface area contributed by atoms with Crippen LogP contribution in [0.4, 0.5) is 5.13 Å². The molecule has 0 bridgehead atoms. The minimum atomic E-state index is -3.84. The molecule has 0 aromatic carbocycles. The van der Waals surface area contributed by atoms with Crippen LogP contribution in [0.5, 0.6) is 0 Å². The van der Waals surface area contributed by atoms with Crippen molar-refractivity contribution in [1.29, 1.82) is 0 Å². The lowest BCUT2D eigenvalue weighted by Crippen LogP contribution is -2.22. The number of amides is 1. The van der Waals surface area contributed by atoms with Crippen molar-refractivity contribution >= 4 is 55.5 Å². The second-order valence-corrected chi connectivity index (χ2v) is 10.0. The third kappa shape index (κ3) is 4.71. The molecule has 0 saturated carbocycles. The number of carbonyl (C=O) groups excluding carboxylic acids is 1. The largest absolute Gasteiger partial charge is 0.438 e. The van der Waals surface area contributed by atoms with Crippen LogP contribution in [-0.4, -0.2) is 30.3 Å². The van der Waals surface area contributed by atoms with E-state index in [1.807, 2.05) is 24.4 Å². The second kappa shape index (κ2) is 8.31. The van der Waals surface area contributed by atoms with Crippen molar-refractivity contribution in [3.05, 3.63) is 40.3 Å². The molecule has 3 rings (SSSR count). The van der Waals surface area contributed by atoms with E-state index >= 15 is 0 Å². The molecule has 0 unspecified atom stereocenters. The van der Waals surface area contributed by atoms with Crippen LogP contribution >= 0.6 is 34.4 Å². The minimum Gasteiger partial charge on any atom is -0.438 e. The maximum absolute atomic E-state index is 12.2. The van der Waals surface area contributed by atoms with E-state index in [-0.39, 0.29) is 17.4 Å². The summed E-state index contributed by atoms with van der Waals surface area (Å²) in [6.45, 7) is 2.15. The van der Waals surface area contributed by atoms with Crippen molar-refractivity contribution in [2.45, 2.75) is 22.9 Å². The van der Waals surface area contributed by atoms with Gasteiger partial charge >= 0.3 is 0 Å². The van der Waals surface area contributed by atoms with Crippen molar-refractivity contribution in [2.24, 2.45) is 0 Å². The van der Waals surface area contributed by atoms with Crippen LogP contribution in [0.3, 0.4) is 0 Å². The lowest BCUT2D eigenvalue weighted by Gasteiger charge is -2.02. The van der Waals surface area contributed by atoms with Gasteiger partial charge in [-0.05, 0) is 29.3 Å². The van der Waals surface area contributed by atoms with Gasteiger partial charge in [0.1, 0.15) is 0 Å². The number of nitrogens with zero attached hydrogens (tertiary/aromatic N) is 2. The van der Waals surface area contributed by atoms with Crippen LogP contribution in [0.15, 0.2) is 43.5 Å². The number of thiophene rings is 1. The molecule has 0 fully saturated rings. The van der Waals surface area contributed by atoms with Crippen molar-refractivity contribution in [2.75, 3.05) is 11.1 Å². The Bertz CT molecular complexity index is 978. The highest BCUT2D eigenvalue weighted by Crippen LogP contribution is 2.25. The normalized spacial score (nSPS) is 11.6. The SMILES string of the molecule is CCSc1nnc(NC(=O)c2ccc(S(=O)(=O)NCc3cccs3)o2)s1. The molecule has 3 heterocycles. The first-order valence-corrected chi connectivity index (χ1v) is 11.5. The molecule has 12 heteroatoms. The topological polar surface area (TPSA) is 114 Å². The van der Waals surface area contributed by atoms with Crippen LogP contribution in [0.1, 0.15) is 22.4 Å². The zero-order valence-corrected chi connectivity index (χ0v) is 16.7. The van der Waals surface area contributed by atoms with E-state index in [1.165, 1.54) is 46.6 Å². The summed E-state index contributed by atoms with van der Waals surface area (Å²) in [6, 6.07) is 6.20. The van der Waals surface area contributed by atoms with Gasteiger partial charge in [-0.15, -0.1) is 21.5 Å². The van der Waals surface area contributed by atoms with E-state index in [0.717, 1.165) is 15.0 Å². The maximum atomic E-state index is 12.2. The summed E-state index contributed by atoms with van der Waals surface area (Å²) < 4.78 is 32.9. The van der Waals surface area contributed by atoms with E-state index in [0.29, 0.717) is 5.13 Å². The Morgan fingerprint density at radius 3 is 2.88 bits per heavy atom. The molecule has 0 aliphatic rings. The highest BCUT2D eigenvalue weighted by Gasteiger charge is 2.22. The summed E-state index contributed by atoms with van der Waals surface area (Å²) in [7, 11) is -3.84. The predicted molar refractivity (Wildman–Crippen MR) is 101 cm³/mol. The van der Waals surface area contributed by atoms with Gasteiger partial charge in [-0.2, -0.15) is 0 Å². The minimum absolute atomic E-state index is 0.124. The number of hydrogen-bond donors (Lipinski definition) is 2. The molecular formula is C14H14N4O4S4. The van der Waals surface area contributed by atoms with Gasteiger partial charge in [-0.3, -0.25) is 10.1 Å². The van der Waals surface area contributed by atoms with Crippen molar-refractivity contribution in [3.8, 4) is 0 Å².